The van der Waals surface area contributed by atoms with Crippen LogP contribution >= 0.6 is 11.6 Å². The zero-order valence-electron chi connectivity index (χ0n) is 14.9. The molecule has 1 aromatic heterocycles. The van der Waals surface area contributed by atoms with Gasteiger partial charge in [0.2, 0.25) is 5.91 Å². The number of ether oxygens (including phenoxy) is 1. The second-order valence-corrected chi connectivity index (χ2v) is 6.43. The minimum absolute atomic E-state index is 0.105. The van der Waals surface area contributed by atoms with Gasteiger partial charge in [0, 0.05) is 16.3 Å². The number of amides is 1. The highest BCUT2D eigenvalue weighted by atomic mass is 35.5. The Labute approximate surface area is 161 Å². The highest BCUT2D eigenvalue weighted by Gasteiger charge is 2.14. The van der Waals surface area contributed by atoms with Crippen LogP contribution in [0.4, 0.5) is 5.69 Å². The number of nitrogens with one attached hydrogen (secondary N) is 2. The Morgan fingerprint density at radius 1 is 1.19 bits per heavy atom. The van der Waals surface area contributed by atoms with Crippen LogP contribution in [0.5, 0.6) is 11.5 Å². The minimum Gasteiger partial charge on any atom is -0.455 e. The number of nitrogens with zero attached hydrogens (tertiary/aromatic N) is 1. The molecule has 138 valence electrons. The number of halogens is 1. The van der Waals surface area contributed by atoms with Crippen molar-refractivity contribution < 1.29 is 9.53 Å². The molecule has 0 saturated carbocycles. The van der Waals surface area contributed by atoms with E-state index in [0.29, 0.717) is 39.3 Å². The summed E-state index contributed by atoms with van der Waals surface area (Å²) in [7, 11) is 0. The van der Waals surface area contributed by atoms with E-state index in [4.69, 9.17) is 16.3 Å². The first kappa shape index (κ1) is 18.7. The van der Waals surface area contributed by atoms with Crippen LogP contribution < -0.4 is 15.6 Å². The third kappa shape index (κ3) is 4.74. The SMILES string of the molecule is Cc1nc(C)c(CC(=O)Nc2cc(Cl)ccc2Oc2ccccc2)c(=O)[nH]1. The molecule has 7 heteroatoms. The molecule has 0 unspecified atom stereocenters. The molecule has 6 nitrogen and oxygen atoms in total. The lowest BCUT2D eigenvalue weighted by molar-refractivity contribution is -0.115. The number of carbonyl (C=O) groups is 1. The second kappa shape index (κ2) is 8.05. The number of hydrogen-bond acceptors (Lipinski definition) is 4. The summed E-state index contributed by atoms with van der Waals surface area (Å²) in [5.41, 5.74) is 0.955. The summed E-state index contributed by atoms with van der Waals surface area (Å²) in [6, 6.07) is 14.1. The van der Waals surface area contributed by atoms with Crippen LogP contribution in [-0.2, 0) is 11.2 Å². The maximum atomic E-state index is 12.5. The van der Waals surface area contributed by atoms with Gasteiger partial charge < -0.3 is 15.0 Å². The van der Waals surface area contributed by atoms with Crippen molar-refractivity contribution in [3.63, 3.8) is 0 Å². The Bertz CT molecular complexity index is 1030. The van der Waals surface area contributed by atoms with E-state index < -0.39 is 0 Å². The molecule has 0 atom stereocenters. The van der Waals surface area contributed by atoms with Gasteiger partial charge >= 0.3 is 0 Å². The number of carbonyl (C=O) groups excluding carboxylic acids is 1. The molecule has 0 bridgehead atoms. The number of aryl methyl sites for hydroxylation is 2. The molecule has 0 aliphatic rings. The molecule has 3 aromatic rings. The second-order valence-electron chi connectivity index (χ2n) is 6.00. The average molecular weight is 384 g/mol. The average Bonchev–Trinajstić information content (AvgIpc) is 2.61. The number of benzene rings is 2. The molecular formula is C20H18ClN3O3. The lowest BCUT2D eigenvalue weighted by Crippen LogP contribution is -2.24. The summed E-state index contributed by atoms with van der Waals surface area (Å²) in [6.07, 6.45) is -0.105. The van der Waals surface area contributed by atoms with Gasteiger partial charge in [0.25, 0.3) is 5.56 Å². The Morgan fingerprint density at radius 2 is 1.93 bits per heavy atom. The van der Waals surface area contributed by atoms with Crippen molar-refractivity contribution in [1.29, 1.82) is 0 Å². The van der Waals surface area contributed by atoms with Crippen molar-refractivity contribution in [1.82, 2.24) is 9.97 Å². The lowest BCUT2D eigenvalue weighted by Gasteiger charge is -2.13. The van der Waals surface area contributed by atoms with Gasteiger partial charge in [-0.05, 0) is 44.2 Å². The first-order valence-corrected chi connectivity index (χ1v) is 8.69. The van der Waals surface area contributed by atoms with Crippen LogP contribution in [0.25, 0.3) is 0 Å². The number of H-pyrrole nitrogens is 1. The summed E-state index contributed by atoms with van der Waals surface area (Å²) < 4.78 is 5.83. The van der Waals surface area contributed by atoms with Gasteiger partial charge in [-0.15, -0.1) is 0 Å². The highest BCUT2D eigenvalue weighted by molar-refractivity contribution is 6.31. The fraction of sp³-hybridized carbons (Fsp3) is 0.150. The predicted molar refractivity (Wildman–Crippen MR) is 105 cm³/mol. The lowest BCUT2D eigenvalue weighted by atomic mass is 10.1. The molecule has 0 saturated heterocycles. The summed E-state index contributed by atoms with van der Waals surface area (Å²) in [5.74, 6) is 1.22. The molecular weight excluding hydrogens is 366 g/mol. The zero-order chi connectivity index (χ0) is 19.4. The van der Waals surface area contributed by atoms with Crippen LogP contribution in [0.1, 0.15) is 17.1 Å². The molecule has 3 rings (SSSR count). The molecule has 0 radical (unpaired) electrons. The third-order valence-corrected chi connectivity index (χ3v) is 4.10. The predicted octanol–water partition coefficient (Wildman–Crippen LogP) is 4.01. The van der Waals surface area contributed by atoms with E-state index in [1.54, 1.807) is 44.2 Å². The number of para-hydroxylation sites is 1. The number of rotatable bonds is 5. The first-order valence-electron chi connectivity index (χ1n) is 8.31. The molecule has 1 heterocycles. The molecule has 0 aliphatic heterocycles. The van der Waals surface area contributed by atoms with Crippen molar-refractivity contribution in [2.75, 3.05) is 5.32 Å². The van der Waals surface area contributed by atoms with Gasteiger partial charge in [0.15, 0.2) is 5.75 Å². The Kier molecular flexibility index (Phi) is 5.57. The van der Waals surface area contributed by atoms with Gasteiger partial charge in [-0.2, -0.15) is 0 Å². The smallest absolute Gasteiger partial charge is 0.254 e. The zero-order valence-corrected chi connectivity index (χ0v) is 15.6. The summed E-state index contributed by atoms with van der Waals surface area (Å²) in [4.78, 5) is 31.4. The molecule has 1 amide bonds. The standard InChI is InChI=1S/C20H18ClN3O3/c1-12-16(20(26)23-13(2)22-12)11-19(25)24-17-10-14(21)8-9-18(17)27-15-6-4-3-5-7-15/h3-10H,11H2,1-2H3,(H,24,25)(H,22,23,26). The number of anilines is 1. The fourth-order valence-corrected chi connectivity index (χ4v) is 2.79. The van der Waals surface area contributed by atoms with Gasteiger partial charge in [0.05, 0.1) is 12.1 Å². The Hall–Kier alpha value is -3.12. The van der Waals surface area contributed by atoms with Gasteiger partial charge in [-0.25, -0.2) is 4.98 Å². The maximum Gasteiger partial charge on any atom is 0.254 e. The molecule has 0 spiro atoms. The molecule has 2 N–H and O–H groups in total. The van der Waals surface area contributed by atoms with Crippen molar-refractivity contribution in [3.05, 3.63) is 81.0 Å². The van der Waals surface area contributed by atoms with E-state index in [-0.39, 0.29) is 17.9 Å². The van der Waals surface area contributed by atoms with Gasteiger partial charge in [-0.1, -0.05) is 29.8 Å². The summed E-state index contributed by atoms with van der Waals surface area (Å²) in [5, 5.41) is 3.22. The van der Waals surface area contributed by atoms with Crippen molar-refractivity contribution in [2.24, 2.45) is 0 Å². The normalized spacial score (nSPS) is 10.5. The van der Waals surface area contributed by atoms with Crippen LogP contribution in [-0.4, -0.2) is 15.9 Å². The van der Waals surface area contributed by atoms with Crippen molar-refractivity contribution in [3.8, 4) is 11.5 Å². The van der Waals surface area contributed by atoms with Gasteiger partial charge in [0.1, 0.15) is 11.6 Å². The van der Waals surface area contributed by atoms with Gasteiger partial charge in [-0.3, -0.25) is 9.59 Å². The van der Waals surface area contributed by atoms with E-state index in [1.165, 1.54) is 0 Å². The molecule has 0 aliphatic carbocycles. The quantitative estimate of drug-likeness (QED) is 0.697. The van der Waals surface area contributed by atoms with E-state index in [2.05, 4.69) is 15.3 Å². The largest absolute Gasteiger partial charge is 0.455 e. The Balaban J connectivity index is 1.82. The van der Waals surface area contributed by atoms with Crippen LogP contribution in [0.2, 0.25) is 5.02 Å². The maximum absolute atomic E-state index is 12.5. The fourth-order valence-electron chi connectivity index (χ4n) is 2.62. The van der Waals surface area contributed by atoms with Crippen LogP contribution in [0, 0.1) is 13.8 Å². The summed E-state index contributed by atoms with van der Waals surface area (Å²) >= 11 is 6.06. The minimum atomic E-state index is -0.366. The summed E-state index contributed by atoms with van der Waals surface area (Å²) in [6.45, 7) is 3.39. The van der Waals surface area contributed by atoms with Crippen LogP contribution in [0.15, 0.2) is 53.3 Å². The first-order chi connectivity index (χ1) is 12.9. The van der Waals surface area contributed by atoms with Crippen molar-refractivity contribution >= 4 is 23.2 Å². The number of aromatic amines is 1. The van der Waals surface area contributed by atoms with E-state index >= 15 is 0 Å². The van der Waals surface area contributed by atoms with Crippen LogP contribution in [0.3, 0.4) is 0 Å². The molecule has 2 aromatic carbocycles. The third-order valence-electron chi connectivity index (χ3n) is 3.86. The Morgan fingerprint density at radius 3 is 2.63 bits per heavy atom. The monoisotopic (exact) mass is 383 g/mol. The van der Waals surface area contributed by atoms with Crippen molar-refractivity contribution in [2.45, 2.75) is 20.3 Å². The topological polar surface area (TPSA) is 84.1 Å². The number of aromatic nitrogens is 2. The number of hydrogen-bond donors (Lipinski definition) is 2. The highest BCUT2D eigenvalue weighted by Crippen LogP contribution is 2.32. The van der Waals surface area contributed by atoms with E-state index in [1.807, 2.05) is 18.2 Å². The van der Waals surface area contributed by atoms with E-state index in [9.17, 15) is 9.59 Å². The molecule has 0 fully saturated rings. The van der Waals surface area contributed by atoms with E-state index in [0.717, 1.165) is 0 Å². The molecule has 27 heavy (non-hydrogen) atoms.